The van der Waals surface area contributed by atoms with Crippen LogP contribution in [0.1, 0.15) is 24.8 Å². The first-order chi connectivity index (χ1) is 10.2. The van der Waals surface area contributed by atoms with Crippen molar-refractivity contribution in [3.8, 4) is 0 Å². The molecule has 1 aliphatic carbocycles. The Hall–Kier alpha value is -1.19. The number of amides is 1. The summed E-state index contributed by atoms with van der Waals surface area (Å²) in [6.45, 7) is 1.25. The molecule has 1 unspecified atom stereocenters. The van der Waals surface area contributed by atoms with Crippen molar-refractivity contribution in [1.82, 2.24) is 10.2 Å². The zero-order valence-electron chi connectivity index (χ0n) is 11.7. The summed E-state index contributed by atoms with van der Waals surface area (Å²) in [5.74, 6) is 0.235. The highest BCUT2D eigenvalue weighted by atomic mass is 35.5. The van der Waals surface area contributed by atoms with Gasteiger partial charge in [0.2, 0.25) is 5.91 Å². The highest BCUT2D eigenvalue weighted by Crippen LogP contribution is 2.33. The van der Waals surface area contributed by atoms with Crippen LogP contribution in [-0.4, -0.2) is 23.4 Å². The number of halogens is 2. The van der Waals surface area contributed by atoms with Gasteiger partial charge < -0.3 is 10.2 Å². The van der Waals surface area contributed by atoms with Gasteiger partial charge in [0.15, 0.2) is 0 Å². The number of nitrogens with zero attached hydrogens (tertiary/aromatic N) is 1. The number of nitrogens with one attached hydrogen (secondary N) is 1. The number of hydrogen-bond acceptors (Lipinski definition) is 2. The molecule has 1 aromatic rings. The number of benzene rings is 1. The van der Waals surface area contributed by atoms with Gasteiger partial charge in [-0.25, -0.2) is 0 Å². The standard InChI is InChI=1S/C16H18Cl2N2O/c17-14-5-1-3-12(15(14)18)10-20(13-6-7-13)16(21)11-4-2-8-19-9-11/h1-3,5,8,11,13,19H,4,6-7,9-10H2. The van der Waals surface area contributed by atoms with Crippen molar-refractivity contribution in [2.45, 2.75) is 31.8 Å². The van der Waals surface area contributed by atoms with Gasteiger partial charge in [-0.05, 0) is 37.1 Å². The summed E-state index contributed by atoms with van der Waals surface area (Å²) in [6.07, 6.45) is 6.90. The van der Waals surface area contributed by atoms with Crippen LogP contribution in [0.3, 0.4) is 0 Å². The van der Waals surface area contributed by atoms with Crippen molar-refractivity contribution >= 4 is 29.1 Å². The lowest BCUT2D eigenvalue weighted by atomic mass is 10.0. The third-order valence-corrected chi connectivity index (χ3v) is 4.87. The molecule has 1 fully saturated rings. The molecule has 1 saturated carbocycles. The van der Waals surface area contributed by atoms with Crippen LogP contribution in [0.25, 0.3) is 0 Å². The fourth-order valence-corrected chi connectivity index (χ4v) is 3.04. The minimum absolute atomic E-state index is 0.0218. The first kappa shape index (κ1) is 14.7. The topological polar surface area (TPSA) is 32.3 Å². The van der Waals surface area contributed by atoms with Crippen LogP contribution in [0.4, 0.5) is 0 Å². The number of rotatable bonds is 4. The molecule has 1 N–H and O–H groups in total. The van der Waals surface area contributed by atoms with E-state index in [2.05, 4.69) is 5.32 Å². The maximum atomic E-state index is 12.8. The van der Waals surface area contributed by atoms with Crippen LogP contribution >= 0.6 is 23.2 Å². The molecule has 1 amide bonds. The number of hydrogen-bond donors (Lipinski definition) is 1. The van der Waals surface area contributed by atoms with Crippen molar-refractivity contribution in [3.05, 3.63) is 46.1 Å². The molecule has 1 heterocycles. The van der Waals surface area contributed by atoms with Gasteiger partial charge in [0.25, 0.3) is 0 Å². The van der Waals surface area contributed by atoms with Crippen LogP contribution in [0.2, 0.25) is 10.0 Å². The quantitative estimate of drug-likeness (QED) is 0.917. The fourth-order valence-electron chi connectivity index (χ4n) is 2.66. The van der Waals surface area contributed by atoms with Crippen LogP contribution in [0.5, 0.6) is 0 Å². The monoisotopic (exact) mass is 324 g/mol. The lowest BCUT2D eigenvalue weighted by Crippen LogP contribution is -2.41. The number of allylic oxidation sites excluding steroid dienone is 1. The molecule has 0 aromatic heterocycles. The van der Waals surface area contributed by atoms with Gasteiger partial charge in [0, 0.05) is 19.1 Å². The van der Waals surface area contributed by atoms with Crippen molar-refractivity contribution in [2.75, 3.05) is 6.54 Å². The van der Waals surface area contributed by atoms with Crippen LogP contribution in [0.15, 0.2) is 30.5 Å². The highest BCUT2D eigenvalue weighted by molar-refractivity contribution is 6.42. The van der Waals surface area contributed by atoms with Gasteiger partial charge in [0.05, 0.1) is 16.0 Å². The van der Waals surface area contributed by atoms with Crippen molar-refractivity contribution < 1.29 is 4.79 Å². The van der Waals surface area contributed by atoms with Gasteiger partial charge in [-0.1, -0.05) is 41.4 Å². The summed E-state index contributed by atoms with van der Waals surface area (Å²) in [4.78, 5) is 14.7. The largest absolute Gasteiger partial charge is 0.390 e. The Balaban J connectivity index is 1.77. The zero-order chi connectivity index (χ0) is 14.8. The molecule has 0 bridgehead atoms. The summed E-state index contributed by atoms with van der Waals surface area (Å²) >= 11 is 12.3. The molecule has 112 valence electrons. The van der Waals surface area contributed by atoms with E-state index in [1.165, 1.54) is 0 Å². The zero-order valence-corrected chi connectivity index (χ0v) is 13.2. The number of carbonyl (C=O) groups is 1. The molecule has 0 spiro atoms. The van der Waals surface area contributed by atoms with Gasteiger partial charge in [-0.15, -0.1) is 0 Å². The first-order valence-corrected chi connectivity index (χ1v) is 8.04. The van der Waals surface area contributed by atoms with Gasteiger partial charge >= 0.3 is 0 Å². The molecule has 5 heteroatoms. The van der Waals surface area contributed by atoms with Crippen molar-refractivity contribution in [1.29, 1.82) is 0 Å². The minimum atomic E-state index is 0.0218. The highest BCUT2D eigenvalue weighted by Gasteiger charge is 2.36. The maximum Gasteiger partial charge on any atom is 0.228 e. The summed E-state index contributed by atoms with van der Waals surface area (Å²) in [5, 5.41) is 4.24. The molecule has 1 aromatic carbocycles. The molecule has 0 saturated heterocycles. The van der Waals surface area contributed by atoms with E-state index in [1.54, 1.807) is 6.07 Å². The fraction of sp³-hybridized carbons (Fsp3) is 0.438. The molecule has 0 radical (unpaired) electrons. The average molecular weight is 325 g/mol. The Morgan fingerprint density at radius 1 is 1.33 bits per heavy atom. The molecule has 21 heavy (non-hydrogen) atoms. The first-order valence-electron chi connectivity index (χ1n) is 7.28. The Labute approximate surface area is 134 Å². The maximum absolute atomic E-state index is 12.8. The number of carbonyl (C=O) groups excluding carboxylic acids is 1. The Kier molecular flexibility index (Phi) is 4.41. The smallest absolute Gasteiger partial charge is 0.228 e. The second-order valence-electron chi connectivity index (χ2n) is 5.65. The third kappa shape index (κ3) is 3.35. The van der Waals surface area contributed by atoms with E-state index >= 15 is 0 Å². The van der Waals surface area contributed by atoms with E-state index in [1.807, 2.05) is 29.3 Å². The summed E-state index contributed by atoms with van der Waals surface area (Å²) < 4.78 is 0. The third-order valence-electron chi connectivity index (χ3n) is 4.01. The Morgan fingerprint density at radius 3 is 2.81 bits per heavy atom. The SMILES string of the molecule is O=C(C1CC=CNC1)N(Cc1cccc(Cl)c1Cl)C1CC1. The van der Waals surface area contributed by atoms with Crippen LogP contribution in [-0.2, 0) is 11.3 Å². The van der Waals surface area contributed by atoms with Gasteiger partial charge in [-0.2, -0.15) is 0 Å². The molecule has 3 nitrogen and oxygen atoms in total. The predicted octanol–water partition coefficient (Wildman–Crippen LogP) is 3.61. The lowest BCUT2D eigenvalue weighted by Gasteiger charge is -2.29. The molecular weight excluding hydrogens is 307 g/mol. The van der Waals surface area contributed by atoms with Gasteiger partial charge in [-0.3, -0.25) is 4.79 Å². The van der Waals surface area contributed by atoms with Crippen LogP contribution in [0, 0.1) is 5.92 Å². The van der Waals surface area contributed by atoms with E-state index < -0.39 is 0 Å². The van der Waals surface area contributed by atoms with E-state index in [4.69, 9.17) is 23.2 Å². The molecule has 2 aliphatic rings. The second kappa shape index (κ2) is 6.29. The lowest BCUT2D eigenvalue weighted by molar-refractivity contribution is -0.136. The molecular formula is C16H18Cl2N2O. The minimum Gasteiger partial charge on any atom is -0.390 e. The van der Waals surface area contributed by atoms with Crippen molar-refractivity contribution in [3.63, 3.8) is 0 Å². The van der Waals surface area contributed by atoms with E-state index in [0.717, 1.165) is 24.8 Å². The Morgan fingerprint density at radius 2 is 2.14 bits per heavy atom. The molecule has 1 aliphatic heterocycles. The molecule has 1 atom stereocenters. The van der Waals surface area contributed by atoms with Gasteiger partial charge in [0.1, 0.15) is 0 Å². The summed E-state index contributed by atoms with van der Waals surface area (Å²) in [5.41, 5.74) is 0.920. The van der Waals surface area contributed by atoms with Crippen molar-refractivity contribution in [2.24, 2.45) is 5.92 Å². The predicted molar refractivity (Wildman–Crippen MR) is 85.3 cm³/mol. The average Bonchev–Trinajstić information content (AvgIpc) is 3.34. The van der Waals surface area contributed by atoms with E-state index in [0.29, 0.717) is 29.2 Å². The molecule has 3 rings (SSSR count). The normalized spacial score (nSPS) is 21.0. The summed E-state index contributed by atoms with van der Waals surface area (Å²) in [6, 6.07) is 5.95. The summed E-state index contributed by atoms with van der Waals surface area (Å²) in [7, 11) is 0. The second-order valence-corrected chi connectivity index (χ2v) is 6.44. The van der Waals surface area contributed by atoms with E-state index in [-0.39, 0.29) is 11.8 Å². The van der Waals surface area contributed by atoms with Crippen LogP contribution < -0.4 is 5.32 Å². The Bertz CT molecular complexity index is 569. The van der Waals surface area contributed by atoms with E-state index in [9.17, 15) is 4.79 Å².